The minimum Gasteiger partial charge on any atom is -0.352 e. The third-order valence-corrected chi connectivity index (χ3v) is 3.87. The second kappa shape index (κ2) is 7.79. The summed E-state index contributed by atoms with van der Waals surface area (Å²) in [6, 6.07) is 0.866. The SMILES string of the molecule is CCSCC(C)NC(=NC1CCCC1)NN. The number of nitrogens with zero attached hydrogens (tertiary/aromatic N) is 1. The molecule has 1 saturated carbocycles. The standard InChI is InChI=1S/C11H24N4S/c1-3-16-8-9(2)13-11(15-12)14-10-6-4-5-7-10/h9-10H,3-8,12H2,1-2H3,(H2,13,14,15). The molecule has 1 fully saturated rings. The molecular weight excluding hydrogens is 220 g/mol. The Morgan fingerprint density at radius 3 is 2.75 bits per heavy atom. The maximum absolute atomic E-state index is 5.48. The summed E-state index contributed by atoms with van der Waals surface area (Å²) >= 11 is 1.93. The van der Waals surface area contributed by atoms with Crippen LogP contribution in [0.1, 0.15) is 39.5 Å². The number of rotatable bonds is 5. The number of thioether (sulfide) groups is 1. The average Bonchev–Trinajstić information content (AvgIpc) is 2.78. The molecule has 1 aliphatic carbocycles. The average molecular weight is 244 g/mol. The minimum absolute atomic E-state index is 0.404. The fourth-order valence-corrected chi connectivity index (χ4v) is 2.57. The molecule has 0 aromatic carbocycles. The second-order valence-corrected chi connectivity index (χ2v) is 5.58. The molecule has 0 heterocycles. The highest BCUT2D eigenvalue weighted by Crippen LogP contribution is 2.20. The summed E-state index contributed by atoms with van der Waals surface area (Å²) in [5.41, 5.74) is 2.67. The van der Waals surface area contributed by atoms with Crippen LogP contribution in [0.25, 0.3) is 0 Å². The summed E-state index contributed by atoms with van der Waals surface area (Å²) in [4.78, 5) is 4.60. The highest BCUT2D eigenvalue weighted by molar-refractivity contribution is 7.99. The molecule has 0 radical (unpaired) electrons. The smallest absolute Gasteiger partial charge is 0.206 e. The van der Waals surface area contributed by atoms with Crippen molar-refractivity contribution >= 4 is 17.7 Å². The lowest BCUT2D eigenvalue weighted by molar-refractivity contribution is 0.663. The molecule has 1 aliphatic rings. The van der Waals surface area contributed by atoms with Crippen molar-refractivity contribution < 1.29 is 0 Å². The molecule has 4 N–H and O–H groups in total. The van der Waals surface area contributed by atoms with Crippen molar-refractivity contribution in [2.24, 2.45) is 10.8 Å². The first-order valence-electron chi connectivity index (χ1n) is 6.15. The van der Waals surface area contributed by atoms with Crippen LogP contribution in [-0.4, -0.2) is 29.5 Å². The van der Waals surface area contributed by atoms with Crippen LogP contribution in [0.3, 0.4) is 0 Å². The van der Waals surface area contributed by atoms with E-state index in [0.29, 0.717) is 12.1 Å². The lowest BCUT2D eigenvalue weighted by atomic mass is 10.3. The van der Waals surface area contributed by atoms with Crippen LogP contribution in [-0.2, 0) is 0 Å². The van der Waals surface area contributed by atoms with Crippen molar-refractivity contribution in [1.82, 2.24) is 10.7 Å². The first-order valence-corrected chi connectivity index (χ1v) is 7.30. The summed E-state index contributed by atoms with van der Waals surface area (Å²) in [5, 5.41) is 3.32. The van der Waals surface area contributed by atoms with Crippen molar-refractivity contribution in [3.63, 3.8) is 0 Å². The summed E-state index contributed by atoms with van der Waals surface area (Å²) in [5.74, 6) is 8.46. The quantitative estimate of drug-likeness (QED) is 0.297. The minimum atomic E-state index is 0.404. The number of nitrogens with one attached hydrogen (secondary N) is 2. The maximum atomic E-state index is 5.48. The third kappa shape index (κ3) is 5.07. The molecule has 0 amide bonds. The molecule has 0 aromatic rings. The topological polar surface area (TPSA) is 62.4 Å². The number of nitrogens with two attached hydrogens (primary N) is 1. The van der Waals surface area contributed by atoms with Crippen LogP contribution >= 0.6 is 11.8 Å². The van der Waals surface area contributed by atoms with Gasteiger partial charge in [-0.25, -0.2) is 10.8 Å². The Morgan fingerprint density at radius 2 is 2.19 bits per heavy atom. The summed E-state index contributed by atoms with van der Waals surface area (Å²) < 4.78 is 0. The van der Waals surface area contributed by atoms with Gasteiger partial charge < -0.3 is 5.32 Å². The van der Waals surface area contributed by atoms with Crippen molar-refractivity contribution in [2.45, 2.75) is 51.6 Å². The maximum Gasteiger partial charge on any atom is 0.206 e. The van der Waals surface area contributed by atoms with E-state index in [0.717, 1.165) is 17.5 Å². The fourth-order valence-electron chi connectivity index (χ4n) is 1.90. The Hall–Kier alpha value is -0.420. The van der Waals surface area contributed by atoms with Crippen LogP contribution in [0.5, 0.6) is 0 Å². The molecule has 0 saturated heterocycles. The van der Waals surface area contributed by atoms with Crippen molar-refractivity contribution in [3.8, 4) is 0 Å². The van der Waals surface area contributed by atoms with E-state index in [1.54, 1.807) is 0 Å². The van der Waals surface area contributed by atoms with Gasteiger partial charge in [-0.3, -0.25) is 5.43 Å². The van der Waals surface area contributed by atoms with Gasteiger partial charge in [0.2, 0.25) is 5.96 Å². The lowest BCUT2D eigenvalue weighted by Crippen LogP contribution is -2.46. The van der Waals surface area contributed by atoms with Crippen molar-refractivity contribution in [3.05, 3.63) is 0 Å². The molecule has 1 rings (SSSR count). The van der Waals surface area contributed by atoms with Gasteiger partial charge in [0.25, 0.3) is 0 Å². The van der Waals surface area contributed by atoms with Gasteiger partial charge in [-0.2, -0.15) is 11.8 Å². The van der Waals surface area contributed by atoms with E-state index in [1.165, 1.54) is 25.7 Å². The Labute approximate surface area is 103 Å². The van der Waals surface area contributed by atoms with E-state index >= 15 is 0 Å². The zero-order valence-corrected chi connectivity index (χ0v) is 11.1. The summed E-state index contributed by atoms with van der Waals surface area (Å²) in [7, 11) is 0. The molecule has 0 aromatic heterocycles. The van der Waals surface area contributed by atoms with Crippen LogP contribution < -0.4 is 16.6 Å². The first-order chi connectivity index (χ1) is 7.76. The van der Waals surface area contributed by atoms with Crippen molar-refractivity contribution in [2.75, 3.05) is 11.5 Å². The van der Waals surface area contributed by atoms with E-state index in [4.69, 9.17) is 5.84 Å². The highest BCUT2D eigenvalue weighted by atomic mass is 32.2. The molecule has 4 nitrogen and oxygen atoms in total. The zero-order chi connectivity index (χ0) is 11.8. The highest BCUT2D eigenvalue weighted by Gasteiger charge is 2.15. The molecule has 1 unspecified atom stereocenters. The monoisotopic (exact) mass is 244 g/mol. The van der Waals surface area contributed by atoms with Gasteiger partial charge in [0.05, 0.1) is 6.04 Å². The Kier molecular flexibility index (Phi) is 6.64. The van der Waals surface area contributed by atoms with E-state index in [-0.39, 0.29) is 0 Å². The van der Waals surface area contributed by atoms with E-state index < -0.39 is 0 Å². The molecule has 16 heavy (non-hydrogen) atoms. The van der Waals surface area contributed by atoms with Crippen LogP contribution in [0.2, 0.25) is 0 Å². The van der Waals surface area contributed by atoms with Gasteiger partial charge in [-0.15, -0.1) is 0 Å². The van der Waals surface area contributed by atoms with Crippen LogP contribution in [0.4, 0.5) is 0 Å². The Morgan fingerprint density at radius 1 is 1.50 bits per heavy atom. The fraction of sp³-hybridized carbons (Fsp3) is 0.909. The molecule has 5 heteroatoms. The van der Waals surface area contributed by atoms with Crippen LogP contribution in [0.15, 0.2) is 4.99 Å². The van der Waals surface area contributed by atoms with Gasteiger partial charge in [-0.1, -0.05) is 19.8 Å². The molecule has 0 spiro atoms. The first kappa shape index (κ1) is 13.6. The Bertz CT molecular complexity index is 214. The second-order valence-electron chi connectivity index (χ2n) is 4.27. The number of hydrogen-bond donors (Lipinski definition) is 3. The normalized spacial score (nSPS) is 19.8. The molecule has 0 bridgehead atoms. The number of aliphatic imine (C=N–C) groups is 1. The van der Waals surface area contributed by atoms with Gasteiger partial charge in [0.15, 0.2) is 0 Å². The van der Waals surface area contributed by atoms with E-state index in [2.05, 4.69) is 29.6 Å². The number of hydrazine groups is 1. The van der Waals surface area contributed by atoms with Crippen LogP contribution in [0, 0.1) is 0 Å². The molecule has 94 valence electrons. The zero-order valence-electron chi connectivity index (χ0n) is 10.3. The predicted molar refractivity (Wildman–Crippen MR) is 72.6 cm³/mol. The van der Waals surface area contributed by atoms with Gasteiger partial charge in [0, 0.05) is 11.8 Å². The van der Waals surface area contributed by atoms with Gasteiger partial charge >= 0.3 is 0 Å². The largest absolute Gasteiger partial charge is 0.352 e. The predicted octanol–water partition coefficient (Wildman–Crippen LogP) is 1.48. The van der Waals surface area contributed by atoms with E-state index in [9.17, 15) is 0 Å². The summed E-state index contributed by atoms with van der Waals surface area (Å²) in [6.45, 7) is 4.33. The van der Waals surface area contributed by atoms with E-state index in [1.807, 2.05) is 11.8 Å². The number of hydrogen-bond acceptors (Lipinski definition) is 3. The van der Waals surface area contributed by atoms with Gasteiger partial charge in [-0.05, 0) is 25.5 Å². The molecular formula is C11H24N4S. The summed E-state index contributed by atoms with van der Waals surface area (Å²) in [6.07, 6.45) is 5.00. The lowest BCUT2D eigenvalue weighted by Gasteiger charge is -2.17. The third-order valence-electron chi connectivity index (χ3n) is 2.73. The van der Waals surface area contributed by atoms with Crippen molar-refractivity contribution in [1.29, 1.82) is 0 Å². The molecule has 1 atom stereocenters. The Balaban J connectivity index is 2.34. The van der Waals surface area contributed by atoms with Gasteiger partial charge in [0.1, 0.15) is 0 Å². The number of guanidine groups is 1. The molecule has 0 aliphatic heterocycles.